The van der Waals surface area contributed by atoms with Crippen molar-refractivity contribution in [3.8, 4) is 0 Å². The fourth-order valence-electron chi connectivity index (χ4n) is 11.2. The van der Waals surface area contributed by atoms with Crippen LogP contribution in [-0.4, -0.2) is 96.7 Å². The Morgan fingerprint density at radius 2 is 0.500 bits per heavy atom. The van der Waals surface area contributed by atoms with Gasteiger partial charge in [0, 0.05) is 25.7 Å². The maximum atomic E-state index is 13.1. The van der Waals surface area contributed by atoms with E-state index >= 15 is 0 Å². The number of phosphoric ester groups is 2. The maximum Gasteiger partial charge on any atom is 0.472 e. The molecule has 546 valence electrons. The van der Waals surface area contributed by atoms with Crippen LogP contribution >= 0.6 is 15.6 Å². The smallest absolute Gasteiger partial charge is 0.462 e. The summed E-state index contributed by atoms with van der Waals surface area (Å²) in [5.41, 5.74) is 0. The fourth-order valence-corrected chi connectivity index (χ4v) is 12.8. The summed E-state index contributed by atoms with van der Waals surface area (Å²) in [7, 11) is -9.90. The lowest BCUT2D eigenvalue weighted by Crippen LogP contribution is -2.30. The van der Waals surface area contributed by atoms with Crippen molar-refractivity contribution in [1.29, 1.82) is 0 Å². The molecule has 0 aliphatic rings. The van der Waals surface area contributed by atoms with E-state index < -0.39 is 97.5 Å². The van der Waals surface area contributed by atoms with Gasteiger partial charge in [-0.1, -0.05) is 330 Å². The molecule has 0 saturated carbocycles. The van der Waals surface area contributed by atoms with Gasteiger partial charge in [0.05, 0.1) is 26.4 Å². The van der Waals surface area contributed by atoms with Gasteiger partial charge >= 0.3 is 39.5 Å². The highest BCUT2D eigenvalue weighted by atomic mass is 31.2. The van der Waals surface area contributed by atoms with Crippen LogP contribution in [0.15, 0.2) is 0 Å². The Morgan fingerprint density at radius 1 is 0.293 bits per heavy atom. The van der Waals surface area contributed by atoms with Crippen molar-refractivity contribution in [2.75, 3.05) is 39.6 Å². The summed E-state index contributed by atoms with van der Waals surface area (Å²) in [6.45, 7) is 7.21. The molecule has 3 N–H and O–H groups in total. The van der Waals surface area contributed by atoms with Crippen LogP contribution in [0.25, 0.3) is 0 Å². The van der Waals surface area contributed by atoms with E-state index in [2.05, 4.69) is 34.6 Å². The van der Waals surface area contributed by atoms with Gasteiger partial charge in [-0.3, -0.25) is 37.3 Å². The minimum atomic E-state index is -4.95. The van der Waals surface area contributed by atoms with Gasteiger partial charge in [-0.05, 0) is 31.6 Å². The van der Waals surface area contributed by atoms with Gasteiger partial charge in [-0.2, -0.15) is 0 Å². The van der Waals surface area contributed by atoms with Crippen molar-refractivity contribution in [1.82, 2.24) is 0 Å². The maximum absolute atomic E-state index is 13.1. The predicted octanol–water partition coefficient (Wildman–Crippen LogP) is 21.3. The summed E-state index contributed by atoms with van der Waals surface area (Å²) in [5, 5.41) is 10.6. The lowest BCUT2D eigenvalue weighted by atomic mass is 10.0. The van der Waals surface area contributed by atoms with Gasteiger partial charge in [-0.25, -0.2) is 9.13 Å². The minimum Gasteiger partial charge on any atom is -0.462 e. The van der Waals surface area contributed by atoms with Gasteiger partial charge in [0.2, 0.25) is 0 Å². The first-order valence-corrected chi connectivity index (χ1v) is 41.1. The number of unbranched alkanes of at least 4 members (excludes halogenated alkanes) is 45. The van der Waals surface area contributed by atoms with Gasteiger partial charge < -0.3 is 33.8 Å². The van der Waals surface area contributed by atoms with Gasteiger partial charge in [0.15, 0.2) is 12.2 Å². The van der Waals surface area contributed by atoms with Crippen LogP contribution in [0.3, 0.4) is 0 Å². The molecule has 5 atom stereocenters. The third-order valence-electron chi connectivity index (χ3n) is 17.0. The summed E-state index contributed by atoms with van der Waals surface area (Å²) >= 11 is 0. The molecule has 0 radical (unpaired) electrons. The molecule has 0 saturated heterocycles. The summed E-state index contributed by atoms with van der Waals surface area (Å²) in [6, 6.07) is 0. The van der Waals surface area contributed by atoms with E-state index in [1.54, 1.807) is 0 Å². The van der Waals surface area contributed by atoms with Gasteiger partial charge in [-0.15, -0.1) is 0 Å². The average molecular weight is 1350 g/mol. The van der Waals surface area contributed by atoms with Crippen molar-refractivity contribution >= 4 is 39.5 Å². The van der Waals surface area contributed by atoms with E-state index in [-0.39, 0.29) is 25.7 Å². The van der Waals surface area contributed by atoms with Crippen molar-refractivity contribution < 1.29 is 80.2 Å². The SMILES string of the molecule is CCCCCCCCCCCCCCCCCCCCC(=O)O[C@H](COC(=O)CCCCCCCCCCCCCCCCC)COP(=O)(O)OC[C@@H](O)COP(=O)(O)OC[C@@H](COC(=O)CCCCCCCCC)OC(=O)CCCCCCCCCCCC(C)C. The number of rotatable bonds is 73. The summed E-state index contributed by atoms with van der Waals surface area (Å²) in [5.74, 6) is -1.39. The van der Waals surface area contributed by atoms with Crippen LogP contribution in [0.2, 0.25) is 0 Å². The molecule has 0 aromatic carbocycles. The third kappa shape index (κ3) is 66.7. The van der Waals surface area contributed by atoms with Crippen LogP contribution in [0, 0.1) is 5.92 Å². The second-order valence-electron chi connectivity index (χ2n) is 26.8. The highest BCUT2D eigenvalue weighted by molar-refractivity contribution is 7.47. The number of carbonyl (C=O) groups is 4. The molecule has 0 bridgehead atoms. The van der Waals surface area contributed by atoms with Crippen molar-refractivity contribution in [2.45, 2.75) is 400 Å². The zero-order valence-corrected chi connectivity index (χ0v) is 61.5. The Bertz CT molecular complexity index is 1770. The quantitative estimate of drug-likeness (QED) is 0.0222. The largest absolute Gasteiger partial charge is 0.472 e. The number of phosphoric acid groups is 2. The number of aliphatic hydroxyl groups is 1. The molecule has 0 aromatic heterocycles. The van der Waals surface area contributed by atoms with Crippen molar-refractivity contribution in [2.24, 2.45) is 5.92 Å². The van der Waals surface area contributed by atoms with Crippen molar-refractivity contribution in [3.05, 3.63) is 0 Å². The van der Waals surface area contributed by atoms with Gasteiger partial charge in [0.25, 0.3) is 0 Å². The van der Waals surface area contributed by atoms with E-state index in [1.165, 1.54) is 193 Å². The van der Waals surface area contributed by atoms with E-state index in [9.17, 15) is 43.2 Å². The second kappa shape index (κ2) is 66.3. The Morgan fingerprint density at radius 3 is 0.739 bits per heavy atom. The monoisotopic (exact) mass is 1350 g/mol. The molecular weight excluding hydrogens is 1210 g/mol. The van der Waals surface area contributed by atoms with E-state index in [0.29, 0.717) is 25.7 Å². The number of esters is 4. The van der Waals surface area contributed by atoms with Gasteiger partial charge in [0.1, 0.15) is 19.3 Å². The van der Waals surface area contributed by atoms with E-state index in [0.717, 1.165) is 109 Å². The van der Waals surface area contributed by atoms with Crippen LogP contribution in [0.5, 0.6) is 0 Å². The molecule has 0 fully saturated rings. The average Bonchev–Trinajstić information content (AvgIpc) is 2.01. The molecule has 0 amide bonds. The van der Waals surface area contributed by atoms with Crippen LogP contribution in [0.4, 0.5) is 0 Å². The van der Waals surface area contributed by atoms with Crippen LogP contribution < -0.4 is 0 Å². The molecule has 0 aliphatic carbocycles. The molecule has 0 rings (SSSR count). The normalized spacial score (nSPS) is 14.0. The zero-order valence-electron chi connectivity index (χ0n) is 59.7. The number of hydrogen-bond donors (Lipinski definition) is 3. The zero-order chi connectivity index (χ0) is 67.7. The summed E-state index contributed by atoms with van der Waals surface area (Å²) < 4.78 is 68.3. The molecule has 0 spiro atoms. The minimum absolute atomic E-state index is 0.105. The lowest BCUT2D eigenvalue weighted by Gasteiger charge is -2.21. The molecule has 0 aromatic rings. The topological polar surface area (TPSA) is 237 Å². The fraction of sp³-hybridized carbons (Fsp3) is 0.945. The molecule has 17 nitrogen and oxygen atoms in total. The Labute approximate surface area is 562 Å². The summed E-state index contributed by atoms with van der Waals surface area (Å²) in [6.07, 6.45) is 54.3. The molecule has 19 heteroatoms. The second-order valence-corrected chi connectivity index (χ2v) is 29.7. The standard InChI is InChI=1S/C73H142O17P2/c1-6-9-12-15-18-20-22-24-26-27-28-30-32-34-38-43-48-53-58-72(77)90-69(63-84-71(76)57-52-47-42-37-33-31-29-25-23-21-19-16-13-10-7-2)65-88-92(81,82)86-61-67(74)60-85-91(79,80)87-64-68(62-83-70(75)56-51-46-40-17-14-11-8-3)89-73(78)59-54-49-44-39-35-36-41-45-50-55-66(4)5/h66-69,74H,6-65H2,1-5H3,(H,79,80)(H,81,82)/t67-,68+,69+/m0/s1. The Balaban J connectivity index is 5.19. The Hall–Kier alpha value is -1.94. The summed E-state index contributed by atoms with van der Waals surface area (Å²) in [4.78, 5) is 72.5. The molecule has 92 heavy (non-hydrogen) atoms. The molecular formula is C73H142O17P2. The molecule has 2 unspecified atom stereocenters. The number of carbonyl (C=O) groups excluding carboxylic acids is 4. The third-order valence-corrected chi connectivity index (χ3v) is 18.9. The van der Waals surface area contributed by atoms with Crippen LogP contribution in [-0.2, 0) is 65.4 Å². The lowest BCUT2D eigenvalue weighted by molar-refractivity contribution is -0.161. The molecule has 0 heterocycles. The van der Waals surface area contributed by atoms with E-state index in [4.69, 9.17) is 37.0 Å². The van der Waals surface area contributed by atoms with E-state index in [1.807, 2.05) is 0 Å². The number of aliphatic hydroxyl groups excluding tert-OH is 1. The molecule has 0 aliphatic heterocycles. The Kier molecular flexibility index (Phi) is 64.9. The van der Waals surface area contributed by atoms with Crippen LogP contribution in [0.1, 0.15) is 381 Å². The first-order valence-electron chi connectivity index (χ1n) is 38.1. The first-order chi connectivity index (χ1) is 44.5. The first kappa shape index (κ1) is 90.1. The highest BCUT2D eigenvalue weighted by Gasteiger charge is 2.30. The number of hydrogen-bond acceptors (Lipinski definition) is 15. The number of ether oxygens (including phenoxy) is 4. The highest BCUT2D eigenvalue weighted by Crippen LogP contribution is 2.45. The van der Waals surface area contributed by atoms with Crippen molar-refractivity contribution in [3.63, 3.8) is 0 Å². The predicted molar refractivity (Wildman–Crippen MR) is 372 cm³/mol.